The molecule has 1 saturated heterocycles. The molecule has 30 heavy (non-hydrogen) atoms. The average Bonchev–Trinajstić information content (AvgIpc) is 2.74. The van der Waals surface area contributed by atoms with Crippen molar-refractivity contribution >= 4 is 21.6 Å². The normalized spacial score (nSPS) is 18.4. The van der Waals surface area contributed by atoms with Crippen LogP contribution in [0.5, 0.6) is 0 Å². The molecular formula is C22H28N4O3S. The fourth-order valence-corrected chi connectivity index (χ4v) is 5.29. The third kappa shape index (κ3) is 5.46. The Hall–Kier alpha value is -2.71. The monoisotopic (exact) mass is 428 g/mol. The highest BCUT2D eigenvalue weighted by Crippen LogP contribution is 2.26. The molecule has 2 heterocycles. The zero-order chi connectivity index (χ0) is 21.6. The van der Waals surface area contributed by atoms with Crippen LogP contribution >= 0.6 is 0 Å². The van der Waals surface area contributed by atoms with E-state index >= 15 is 0 Å². The molecule has 0 spiro atoms. The van der Waals surface area contributed by atoms with E-state index in [-0.39, 0.29) is 10.9 Å². The Labute approximate surface area is 178 Å². The summed E-state index contributed by atoms with van der Waals surface area (Å²) in [4.78, 5) is 18.3. The smallest absolute Gasteiger partial charge is 0.319 e. The molecule has 1 aromatic carbocycles. The number of aromatic nitrogens is 1. The molecule has 0 aliphatic carbocycles. The minimum atomic E-state index is -3.59. The SMILES string of the molecule is C=CC(N1CCCC(C)C1)S(=O)(=O)c1ccc(NC(=O)NCc2cccnc2)cc1. The van der Waals surface area contributed by atoms with Crippen molar-refractivity contribution in [3.05, 3.63) is 67.0 Å². The number of benzene rings is 1. The minimum absolute atomic E-state index is 0.215. The van der Waals surface area contributed by atoms with E-state index in [2.05, 4.69) is 29.1 Å². The van der Waals surface area contributed by atoms with Gasteiger partial charge in [0.05, 0.1) is 4.90 Å². The Kier molecular flexibility index (Phi) is 7.23. The summed E-state index contributed by atoms with van der Waals surface area (Å²) in [6.45, 7) is 7.74. The Morgan fingerprint density at radius 3 is 2.73 bits per heavy atom. The van der Waals surface area contributed by atoms with Crippen LogP contribution in [0.2, 0.25) is 0 Å². The second-order valence-electron chi connectivity index (χ2n) is 7.61. The van der Waals surface area contributed by atoms with Gasteiger partial charge in [0.1, 0.15) is 5.37 Å². The molecule has 3 rings (SSSR count). The molecule has 8 heteroatoms. The van der Waals surface area contributed by atoms with Crippen LogP contribution in [0.4, 0.5) is 10.5 Å². The van der Waals surface area contributed by atoms with Gasteiger partial charge in [0.2, 0.25) is 0 Å². The van der Waals surface area contributed by atoms with Crippen LogP contribution in [-0.4, -0.2) is 42.8 Å². The molecule has 2 amide bonds. The lowest BCUT2D eigenvalue weighted by Crippen LogP contribution is -2.45. The van der Waals surface area contributed by atoms with Crippen molar-refractivity contribution < 1.29 is 13.2 Å². The lowest BCUT2D eigenvalue weighted by molar-refractivity contribution is 0.184. The van der Waals surface area contributed by atoms with Gasteiger partial charge in [0.25, 0.3) is 0 Å². The molecule has 0 bridgehead atoms. The summed E-state index contributed by atoms with van der Waals surface area (Å²) in [5, 5.41) is 4.70. The van der Waals surface area contributed by atoms with Crippen molar-refractivity contribution in [1.82, 2.24) is 15.2 Å². The zero-order valence-electron chi connectivity index (χ0n) is 17.1. The molecule has 1 aliphatic heterocycles. The summed E-state index contributed by atoms with van der Waals surface area (Å²) in [6, 6.07) is 9.53. The molecule has 0 saturated carbocycles. The van der Waals surface area contributed by atoms with Gasteiger partial charge in [0.15, 0.2) is 9.84 Å². The van der Waals surface area contributed by atoms with Gasteiger partial charge in [-0.1, -0.05) is 19.1 Å². The fourth-order valence-electron chi connectivity index (χ4n) is 3.66. The Morgan fingerprint density at radius 1 is 1.33 bits per heavy atom. The molecule has 1 fully saturated rings. The summed E-state index contributed by atoms with van der Waals surface area (Å²) in [5.41, 5.74) is 1.40. The molecule has 2 N–H and O–H groups in total. The molecular weight excluding hydrogens is 400 g/mol. The first-order valence-electron chi connectivity index (χ1n) is 10.0. The Balaban J connectivity index is 1.63. The topological polar surface area (TPSA) is 91.4 Å². The van der Waals surface area contributed by atoms with Crippen LogP contribution in [0.25, 0.3) is 0 Å². The van der Waals surface area contributed by atoms with Crippen LogP contribution in [0.3, 0.4) is 0 Å². The number of likely N-dealkylation sites (tertiary alicyclic amines) is 1. The zero-order valence-corrected chi connectivity index (χ0v) is 17.9. The van der Waals surface area contributed by atoms with Gasteiger partial charge in [-0.2, -0.15) is 0 Å². The van der Waals surface area contributed by atoms with E-state index in [1.54, 1.807) is 30.6 Å². The maximum Gasteiger partial charge on any atom is 0.319 e. The minimum Gasteiger partial charge on any atom is -0.334 e. The van der Waals surface area contributed by atoms with E-state index in [9.17, 15) is 13.2 Å². The number of hydrogen-bond acceptors (Lipinski definition) is 5. The van der Waals surface area contributed by atoms with Crippen molar-refractivity contribution in [2.45, 2.75) is 36.6 Å². The number of carbonyl (C=O) groups excluding carboxylic acids is 1. The molecule has 2 unspecified atom stereocenters. The van der Waals surface area contributed by atoms with Crippen molar-refractivity contribution in [3.8, 4) is 0 Å². The molecule has 2 atom stereocenters. The molecule has 7 nitrogen and oxygen atoms in total. The number of amides is 2. The van der Waals surface area contributed by atoms with Crippen LogP contribution < -0.4 is 10.6 Å². The van der Waals surface area contributed by atoms with E-state index in [4.69, 9.17) is 0 Å². The third-order valence-electron chi connectivity index (χ3n) is 5.18. The number of sulfone groups is 1. The summed E-state index contributed by atoms with van der Waals surface area (Å²) in [5.74, 6) is 0.466. The first-order valence-corrected chi connectivity index (χ1v) is 11.6. The van der Waals surface area contributed by atoms with Crippen LogP contribution in [-0.2, 0) is 16.4 Å². The van der Waals surface area contributed by atoms with Gasteiger partial charge in [0, 0.05) is 31.2 Å². The van der Waals surface area contributed by atoms with E-state index in [1.165, 1.54) is 18.2 Å². The molecule has 1 aromatic heterocycles. The number of anilines is 1. The van der Waals surface area contributed by atoms with Gasteiger partial charge in [-0.3, -0.25) is 9.88 Å². The highest BCUT2D eigenvalue weighted by atomic mass is 32.2. The van der Waals surface area contributed by atoms with E-state index in [0.29, 0.717) is 18.2 Å². The van der Waals surface area contributed by atoms with E-state index in [0.717, 1.165) is 31.5 Å². The lowest BCUT2D eigenvalue weighted by Gasteiger charge is -2.35. The summed E-state index contributed by atoms with van der Waals surface area (Å²) < 4.78 is 26.3. The first-order chi connectivity index (χ1) is 14.4. The van der Waals surface area contributed by atoms with E-state index < -0.39 is 15.2 Å². The van der Waals surface area contributed by atoms with Gasteiger partial charge >= 0.3 is 6.03 Å². The van der Waals surface area contributed by atoms with Crippen molar-refractivity contribution in [2.24, 2.45) is 5.92 Å². The average molecular weight is 429 g/mol. The van der Waals surface area contributed by atoms with Crippen LogP contribution in [0.15, 0.2) is 66.3 Å². The fraction of sp³-hybridized carbons (Fsp3) is 0.364. The number of urea groups is 1. The molecule has 160 valence electrons. The highest BCUT2D eigenvalue weighted by Gasteiger charge is 2.32. The van der Waals surface area contributed by atoms with Gasteiger partial charge < -0.3 is 10.6 Å². The van der Waals surface area contributed by atoms with Gasteiger partial charge in [-0.25, -0.2) is 13.2 Å². The maximum atomic E-state index is 13.1. The maximum absolute atomic E-state index is 13.1. The number of rotatable bonds is 7. The molecule has 1 aliphatic rings. The Bertz CT molecular complexity index is 962. The predicted molar refractivity (Wildman–Crippen MR) is 118 cm³/mol. The van der Waals surface area contributed by atoms with Crippen molar-refractivity contribution in [2.75, 3.05) is 18.4 Å². The summed E-state index contributed by atoms with van der Waals surface area (Å²) >= 11 is 0. The molecule has 0 radical (unpaired) electrons. The van der Waals surface area contributed by atoms with Crippen molar-refractivity contribution in [3.63, 3.8) is 0 Å². The second kappa shape index (κ2) is 9.86. The number of nitrogens with zero attached hydrogens (tertiary/aromatic N) is 2. The number of hydrogen-bond donors (Lipinski definition) is 2. The number of nitrogens with one attached hydrogen (secondary N) is 2. The number of carbonyl (C=O) groups is 1. The first kappa shape index (κ1) is 22.0. The highest BCUT2D eigenvalue weighted by molar-refractivity contribution is 7.92. The van der Waals surface area contributed by atoms with Crippen molar-refractivity contribution in [1.29, 1.82) is 0 Å². The van der Waals surface area contributed by atoms with E-state index in [1.807, 2.05) is 11.0 Å². The number of pyridine rings is 1. The summed E-state index contributed by atoms with van der Waals surface area (Å²) in [7, 11) is -3.59. The Morgan fingerprint density at radius 2 is 2.10 bits per heavy atom. The standard InChI is InChI=1S/C22H28N4O3S/c1-3-21(26-13-5-6-17(2)16-26)30(28,29)20-10-8-19(9-11-20)25-22(27)24-15-18-7-4-12-23-14-18/h3-4,7-12,14,17,21H,1,5-6,13,15-16H2,2H3,(H2,24,25,27). The van der Waals surface area contributed by atoms with Gasteiger partial charge in [-0.05, 0) is 61.2 Å². The quantitative estimate of drug-likeness (QED) is 0.660. The number of piperidine rings is 1. The third-order valence-corrected chi connectivity index (χ3v) is 7.24. The lowest BCUT2D eigenvalue weighted by atomic mass is 10.0. The second-order valence-corrected chi connectivity index (χ2v) is 9.65. The molecule has 2 aromatic rings. The summed E-state index contributed by atoms with van der Waals surface area (Å²) in [6.07, 6.45) is 6.95. The predicted octanol–water partition coefficient (Wildman–Crippen LogP) is 3.42. The van der Waals surface area contributed by atoms with Crippen LogP contribution in [0.1, 0.15) is 25.3 Å². The van der Waals surface area contributed by atoms with Crippen LogP contribution in [0, 0.1) is 5.92 Å². The van der Waals surface area contributed by atoms with Gasteiger partial charge in [-0.15, -0.1) is 6.58 Å². The largest absolute Gasteiger partial charge is 0.334 e.